The van der Waals surface area contributed by atoms with Crippen LogP contribution in [0.5, 0.6) is 0 Å². The van der Waals surface area contributed by atoms with Crippen molar-refractivity contribution in [2.24, 2.45) is 11.8 Å². The van der Waals surface area contributed by atoms with Gasteiger partial charge in [0.1, 0.15) is 11.4 Å². The second-order valence-electron chi connectivity index (χ2n) is 6.69. The number of anilines is 1. The van der Waals surface area contributed by atoms with E-state index in [4.69, 9.17) is 9.25 Å². The van der Waals surface area contributed by atoms with Gasteiger partial charge in [-0.25, -0.2) is 4.39 Å². The minimum Gasteiger partial charge on any atom is -0.438 e. The molecule has 1 aromatic carbocycles. The van der Waals surface area contributed by atoms with Gasteiger partial charge in [0, 0.05) is 12.0 Å². The fourth-order valence-corrected chi connectivity index (χ4v) is 4.27. The Morgan fingerprint density at radius 3 is 2.82 bits per heavy atom. The van der Waals surface area contributed by atoms with Crippen LogP contribution in [0.1, 0.15) is 32.1 Å². The molecule has 5 nitrogen and oxygen atoms in total. The van der Waals surface area contributed by atoms with Gasteiger partial charge < -0.3 is 4.42 Å². The topological polar surface area (TPSA) is 49.7 Å². The van der Waals surface area contributed by atoms with Gasteiger partial charge in [-0.15, -0.1) is 0 Å². The quantitative estimate of drug-likeness (QED) is 0.847. The number of furan rings is 1. The lowest BCUT2D eigenvalue weighted by Gasteiger charge is -2.47. The van der Waals surface area contributed by atoms with Crippen LogP contribution in [0.15, 0.2) is 28.7 Å². The Morgan fingerprint density at radius 1 is 1.23 bits per heavy atom. The van der Waals surface area contributed by atoms with Gasteiger partial charge in [0.25, 0.3) is 0 Å². The molecule has 1 aliphatic heterocycles. The van der Waals surface area contributed by atoms with Gasteiger partial charge in [0.05, 0.1) is 5.39 Å². The highest BCUT2D eigenvalue weighted by molar-refractivity contribution is 5.81. The molecule has 2 aromatic rings. The molecule has 1 aromatic heterocycles. The Morgan fingerprint density at radius 2 is 2.09 bits per heavy atom. The fourth-order valence-electron chi connectivity index (χ4n) is 4.27. The third kappa shape index (κ3) is 1.74. The van der Waals surface area contributed by atoms with E-state index in [2.05, 4.69) is 11.0 Å². The lowest BCUT2D eigenvalue weighted by molar-refractivity contribution is -0.153. The number of nitrogens with one attached hydrogen (secondary N) is 2. The van der Waals surface area contributed by atoms with E-state index in [0.29, 0.717) is 22.8 Å². The van der Waals surface area contributed by atoms with Crippen molar-refractivity contribution in [2.75, 3.05) is 5.12 Å². The molecule has 116 valence electrons. The summed E-state index contributed by atoms with van der Waals surface area (Å²) in [7, 11) is 0. The maximum absolute atomic E-state index is 13.8. The molecule has 2 heterocycles. The van der Waals surface area contributed by atoms with Crippen LogP contribution in [0.25, 0.3) is 11.0 Å². The summed E-state index contributed by atoms with van der Waals surface area (Å²) in [6, 6.07) is 6.53. The highest BCUT2D eigenvalue weighted by Gasteiger charge is 2.53. The van der Waals surface area contributed by atoms with E-state index >= 15 is 0 Å². The number of hydrazine groups is 2. The van der Waals surface area contributed by atoms with E-state index < -0.39 is 0 Å². The van der Waals surface area contributed by atoms with Crippen LogP contribution in [0.3, 0.4) is 0 Å². The Kier molecular flexibility index (Phi) is 2.60. The van der Waals surface area contributed by atoms with E-state index in [1.54, 1.807) is 23.3 Å². The smallest absolute Gasteiger partial charge is 0.227 e. The van der Waals surface area contributed by atoms with Crippen molar-refractivity contribution in [2.45, 2.75) is 37.8 Å². The van der Waals surface area contributed by atoms with Crippen LogP contribution in [0.2, 0.25) is 0 Å². The van der Waals surface area contributed by atoms with Crippen molar-refractivity contribution < 1.29 is 13.6 Å². The summed E-state index contributed by atoms with van der Waals surface area (Å²) in [5.41, 5.74) is 6.51. The van der Waals surface area contributed by atoms with Crippen LogP contribution in [0, 0.1) is 17.7 Å². The molecule has 2 N–H and O–H groups in total. The zero-order chi connectivity index (χ0) is 14.7. The summed E-state index contributed by atoms with van der Waals surface area (Å²) in [5, 5.41) is 2.12. The maximum Gasteiger partial charge on any atom is 0.227 e. The molecule has 1 atom stereocenters. The molecule has 1 unspecified atom stereocenters. The Labute approximate surface area is 127 Å². The van der Waals surface area contributed by atoms with Gasteiger partial charge >= 0.3 is 0 Å². The zero-order valence-corrected chi connectivity index (χ0v) is 12.1. The Hall–Kier alpha value is -1.63. The highest BCUT2D eigenvalue weighted by atomic mass is 19.1. The normalized spacial score (nSPS) is 34.1. The van der Waals surface area contributed by atoms with Crippen molar-refractivity contribution in [1.82, 2.24) is 11.0 Å². The molecular formula is C16H18FN3O2. The number of benzene rings is 1. The summed E-state index contributed by atoms with van der Waals surface area (Å²) in [5.74, 6) is 1.47. The van der Waals surface area contributed by atoms with E-state index in [1.807, 2.05) is 0 Å². The van der Waals surface area contributed by atoms with Gasteiger partial charge in [0.15, 0.2) is 5.72 Å². The monoisotopic (exact) mass is 303 g/mol. The van der Waals surface area contributed by atoms with Gasteiger partial charge in [-0.05, 0) is 50.2 Å². The first-order chi connectivity index (χ1) is 10.7. The van der Waals surface area contributed by atoms with Crippen LogP contribution in [-0.4, -0.2) is 5.72 Å². The molecule has 6 heteroatoms. The molecule has 1 saturated heterocycles. The summed E-state index contributed by atoms with van der Waals surface area (Å²) in [6.07, 6.45) is 6.00. The molecule has 6 rings (SSSR count). The molecule has 4 fully saturated rings. The van der Waals surface area contributed by atoms with Crippen molar-refractivity contribution in [3.63, 3.8) is 0 Å². The van der Waals surface area contributed by atoms with E-state index in [1.165, 1.54) is 31.7 Å². The zero-order valence-electron chi connectivity index (χ0n) is 12.1. The predicted octanol–water partition coefficient (Wildman–Crippen LogP) is 3.24. The van der Waals surface area contributed by atoms with Gasteiger partial charge in [0.2, 0.25) is 5.88 Å². The second kappa shape index (κ2) is 4.44. The molecule has 4 aliphatic rings. The van der Waals surface area contributed by atoms with Crippen molar-refractivity contribution in [3.8, 4) is 0 Å². The number of halogens is 1. The first-order valence-corrected chi connectivity index (χ1v) is 7.93. The average Bonchev–Trinajstić information content (AvgIpc) is 3.14. The summed E-state index contributed by atoms with van der Waals surface area (Å²) in [6.45, 7) is 0. The molecule has 3 saturated carbocycles. The van der Waals surface area contributed by atoms with Gasteiger partial charge in [-0.3, -0.25) is 4.84 Å². The van der Waals surface area contributed by atoms with Crippen molar-refractivity contribution in [3.05, 3.63) is 30.1 Å². The van der Waals surface area contributed by atoms with E-state index in [-0.39, 0.29) is 11.5 Å². The van der Waals surface area contributed by atoms with Crippen LogP contribution >= 0.6 is 0 Å². The largest absolute Gasteiger partial charge is 0.438 e. The van der Waals surface area contributed by atoms with Crippen LogP contribution in [0.4, 0.5) is 10.3 Å². The lowest BCUT2D eigenvalue weighted by Crippen LogP contribution is -2.57. The molecule has 3 aliphatic carbocycles. The first-order valence-electron chi connectivity index (χ1n) is 7.93. The standard InChI is InChI=1S/C16H18FN3O2/c17-13-2-1-3-14-12(13)8-15(21-14)20-18-16(22-19-20)9-10-4-6-11(16)7-5-10/h1-3,8,10-11,18-19H,4-7,9H2. The van der Waals surface area contributed by atoms with Crippen LogP contribution < -0.4 is 16.1 Å². The SMILES string of the molecule is Fc1cccc2oc(N3NOC4(CC5CCC4CC5)N3)cc12. The Bertz CT molecular complexity index is 725. The highest BCUT2D eigenvalue weighted by Crippen LogP contribution is 2.49. The minimum atomic E-state index is -0.349. The minimum absolute atomic E-state index is 0.279. The summed E-state index contributed by atoms with van der Waals surface area (Å²) >= 11 is 0. The maximum atomic E-state index is 13.8. The van der Waals surface area contributed by atoms with Crippen molar-refractivity contribution in [1.29, 1.82) is 0 Å². The molecule has 1 spiro atoms. The van der Waals surface area contributed by atoms with Gasteiger partial charge in [-0.2, -0.15) is 10.5 Å². The third-order valence-electron chi connectivity index (χ3n) is 5.43. The molecule has 2 bridgehead atoms. The number of rotatable bonds is 1. The lowest BCUT2D eigenvalue weighted by atomic mass is 9.66. The number of hydrogen-bond acceptors (Lipinski definition) is 5. The Balaban J connectivity index is 1.46. The second-order valence-corrected chi connectivity index (χ2v) is 6.69. The van der Waals surface area contributed by atoms with E-state index in [0.717, 1.165) is 12.3 Å². The first kappa shape index (κ1) is 12.9. The summed E-state index contributed by atoms with van der Waals surface area (Å²) in [4.78, 5) is 5.92. The average molecular weight is 303 g/mol. The molecule has 0 amide bonds. The predicted molar refractivity (Wildman–Crippen MR) is 78.8 cm³/mol. The molecule has 0 radical (unpaired) electrons. The van der Waals surface area contributed by atoms with E-state index in [9.17, 15) is 4.39 Å². The molecule has 22 heavy (non-hydrogen) atoms. The number of nitrogens with zero attached hydrogens (tertiary/aromatic N) is 1. The summed E-state index contributed by atoms with van der Waals surface area (Å²) < 4.78 is 19.5. The third-order valence-corrected chi connectivity index (χ3v) is 5.43. The number of fused-ring (bicyclic) bond motifs is 3. The molecular weight excluding hydrogens is 285 g/mol. The number of hydrogen-bond donors (Lipinski definition) is 2. The van der Waals surface area contributed by atoms with Crippen molar-refractivity contribution >= 4 is 16.9 Å². The fraction of sp³-hybridized carbons (Fsp3) is 0.500. The van der Waals surface area contributed by atoms with Gasteiger partial charge in [-0.1, -0.05) is 11.7 Å². The van der Waals surface area contributed by atoms with Crippen LogP contribution in [-0.2, 0) is 4.84 Å².